The molecule has 0 radical (unpaired) electrons. The van der Waals surface area contributed by atoms with Gasteiger partial charge in [0.2, 0.25) is 0 Å². The number of aromatic nitrogens is 5. The second-order valence-electron chi connectivity index (χ2n) is 4.21. The molecule has 4 N–H and O–H groups in total. The molecule has 0 aromatic carbocycles. The van der Waals surface area contributed by atoms with Crippen LogP contribution in [-0.2, 0) is 0 Å². The first kappa shape index (κ1) is 14.8. The van der Waals surface area contributed by atoms with Gasteiger partial charge in [-0.15, -0.1) is 21.5 Å². The molecule has 0 saturated carbocycles. The number of aromatic amines is 1. The summed E-state index contributed by atoms with van der Waals surface area (Å²) in [5.41, 5.74) is -0.0378. The maximum atomic E-state index is 11.8. The average molecular weight is 311 g/mol. The highest BCUT2D eigenvalue weighted by Gasteiger charge is 2.18. The van der Waals surface area contributed by atoms with Gasteiger partial charge in [-0.25, -0.2) is 14.6 Å². The molecule has 2 atom stereocenters. The van der Waals surface area contributed by atoms with Gasteiger partial charge in [0.1, 0.15) is 5.01 Å². The molecule has 2 unspecified atom stereocenters. The third-order valence-corrected chi connectivity index (χ3v) is 3.58. The minimum absolute atomic E-state index is 0.0378. The van der Waals surface area contributed by atoms with Gasteiger partial charge >= 0.3 is 12.0 Å². The lowest BCUT2D eigenvalue weighted by Crippen LogP contribution is -2.38. The lowest BCUT2D eigenvalue weighted by molar-refractivity contribution is 0.0691. The minimum Gasteiger partial charge on any atom is -0.476 e. The van der Waals surface area contributed by atoms with Crippen LogP contribution in [0.3, 0.4) is 0 Å². The van der Waals surface area contributed by atoms with Crippen LogP contribution in [0.1, 0.15) is 47.3 Å². The number of amides is 2. The molecule has 112 valence electrons. The first-order chi connectivity index (χ1) is 9.97. The monoisotopic (exact) mass is 311 g/mol. The lowest BCUT2D eigenvalue weighted by atomic mass is 10.3. The van der Waals surface area contributed by atoms with Gasteiger partial charge in [0, 0.05) is 5.38 Å². The Labute approximate surface area is 123 Å². The predicted molar refractivity (Wildman–Crippen MR) is 71.7 cm³/mol. The van der Waals surface area contributed by atoms with Crippen molar-refractivity contribution in [2.45, 2.75) is 25.9 Å². The fourth-order valence-electron chi connectivity index (χ4n) is 1.50. The molecule has 0 aliphatic carbocycles. The number of rotatable bonds is 5. The highest BCUT2D eigenvalue weighted by Crippen LogP contribution is 2.18. The molecule has 11 heteroatoms. The van der Waals surface area contributed by atoms with Crippen LogP contribution in [0.15, 0.2) is 5.38 Å². The molecule has 0 aliphatic rings. The summed E-state index contributed by atoms with van der Waals surface area (Å²) < 4.78 is 0. The second kappa shape index (κ2) is 6.26. The maximum absolute atomic E-state index is 11.8. The summed E-state index contributed by atoms with van der Waals surface area (Å²) in [5, 5.41) is 29.3. The molecule has 0 aliphatic heterocycles. The molecule has 2 aromatic rings. The van der Waals surface area contributed by atoms with E-state index in [-0.39, 0.29) is 5.69 Å². The van der Waals surface area contributed by atoms with Crippen LogP contribution < -0.4 is 10.6 Å². The number of nitrogens with zero attached hydrogens (tertiary/aromatic N) is 4. The summed E-state index contributed by atoms with van der Waals surface area (Å²) >= 11 is 1.17. The Bertz CT molecular complexity index is 626. The Hall–Kier alpha value is -2.56. The van der Waals surface area contributed by atoms with E-state index in [0.717, 1.165) is 0 Å². The van der Waals surface area contributed by atoms with Crippen LogP contribution in [0.5, 0.6) is 0 Å². The van der Waals surface area contributed by atoms with E-state index in [2.05, 4.69) is 36.2 Å². The number of nitrogens with one attached hydrogen (secondary N) is 3. The Balaban J connectivity index is 1.91. The normalized spacial score (nSPS) is 13.4. The number of aromatic carboxylic acids is 1. The second-order valence-corrected chi connectivity index (χ2v) is 5.10. The van der Waals surface area contributed by atoms with Crippen LogP contribution in [0.25, 0.3) is 0 Å². The van der Waals surface area contributed by atoms with Gasteiger partial charge in [0.25, 0.3) is 0 Å². The topological polar surface area (TPSA) is 146 Å². The highest BCUT2D eigenvalue weighted by atomic mass is 32.1. The summed E-state index contributed by atoms with van der Waals surface area (Å²) in [6, 6.07) is -1.27. The largest absolute Gasteiger partial charge is 0.476 e. The van der Waals surface area contributed by atoms with Crippen LogP contribution in [0, 0.1) is 0 Å². The number of carbonyl (C=O) groups excluding carboxylic acids is 1. The van der Waals surface area contributed by atoms with Crippen molar-refractivity contribution < 1.29 is 14.7 Å². The number of urea groups is 1. The molecule has 21 heavy (non-hydrogen) atoms. The Morgan fingerprint density at radius 3 is 2.62 bits per heavy atom. The van der Waals surface area contributed by atoms with E-state index in [1.165, 1.54) is 16.7 Å². The summed E-state index contributed by atoms with van der Waals surface area (Å²) in [6.07, 6.45) is 0. The van der Waals surface area contributed by atoms with E-state index in [9.17, 15) is 9.59 Å². The number of hydrogen-bond donors (Lipinski definition) is 4. The van der Waals surface area contributed by atoms with Crippen LogP contribution >= 0.6 is 11.3 Å². The van der Waals surface area contributed by atoms with Crippen LogP contribution in [-0.4, -0.2) is 42.7 Å². The van der Waals surface area contributed by atoms with E-state index in [4.69, 9.17) is 5.11 Å². The van der Waals surface area contributed by atoms with E-state index in [0.29, 0.717) is 10.8 Å². The minimum atomic E-state index is -1.10. The van der Waals surface area contributed by atoms with E-state index in [1.54, 1.807) is 13.8 Å². The third kappa shape index (κ3) is 3.72. The van der Waals surface area contributed by atoms with Crippen molar-refractivity contribution in [2.75, 3.05) is 0 Å². The number of carbonyl (C=O) groups is 2. The standard InChI is InChI=1S/C10H13N7O3S/c1-4(7-14-16-17-15-7)11-10(20)12-5(2)8-13-6(3-21-8)9(18)19/h3-5H,1-2H3,(H,18,19)(H2,11,12,20)(H,14,15,16,17). The van der Waals surface area contributed by atoms with Gasteiger partial charge in [-0.1, -0.05) is 5.21 Å². The van der Waals surface area contributed by atoms with Gasteiger partial charge in [-0.2, -0.15) is 5.21 Å². The molecular formula is C10H13N7O3S. The Morgan fingerprint density at radius 1 is 1.33 bits per heavy atom. The molecule has 2 amide bonds. The third-order valence-electron chi connectivity index (χ3n) is 2.56. The Morgan fingerprint density at radius 2 is 2.05 bits per heavy atom. The quantitative estimate of drug-likeness (QED) is 0.628. The molecule has 2 heterocycles. The molecule has 2 aromatic heterocycles. The van der Waals surface area contributed by atoms with Crippen LogP contribution in [0.2, 0.25) is 0 Å². The lowest BCUT2D eigenvalue weighted by Gasteiger charge is -2.14. The van der Waals surface area contributed by atoms with E-state index in [1.807, 2.05) is 0 Å². The van der Waals surface area contributed by atoms with Crippen molar-refractivity contribution in [3.05, 3.63) is 21.9 Å². The smallest absolute Gasteiger partial charge is 0.355 e. The molecule has 2 rings (SSSR count). The van der Waals surface area contributed by atoms with Gasteiger partial charge < -0.3 is 15.7 Å². The number of carboxylic acids is 1. The van der Waals surface area contributed by atoms with Gasteiger partial charge in [0.15, 0.2) is 11.5 Å². The van der Waals surface area contributed by atoms with Crippen molar-refractivity contribution >= 4 is 23.3 Å². The van der Waals surface area contributed by atoms with Crippen molar-refractivity contribution in [1.82, 2.24) is 36.2 Å². The number of thiazole rings is 1. The fourth-order valence-corrected chi connectivity index (χ4v) is 2.30. The fraction of sp³-hybridized carbons (Fsp3) is 0.400. The number of H-pyrrole nitrogens is 1. The SMILES string of the molecule is CC(NC(=O)NC(C)c1nc(C(=O)O)cs1)c1nn[nH]n1. The first-order valence-electron chi connectivity index (χ1n) is 5.96. The molecule has 0 saturated heterocycles. The first-order valence-corrected chi connectivity index (χ1v) is 6.84. The van der Waals surface area contributed by atoms with E-state index >= 15 is 0 Å². The van der Waals surface area contributed by atoms with Gasteiger partial charge in [0.05, 0.1) is 12.1 Å². The summed E-state index contributed by atoms with van der Waals surface area (Å²) in [7, 11) is 0. The average Bonchev–Trinajstić information content (AvgIpc) is 3.10. The number of carboxylic acid groups (broad SMARTS) is 1. The van der Waals surface area contributed by atoms with Crippen molar-refractivity contribution in [3.8, 4) is 0 Å². The summed E-state index contributed by atoms with van der Waals surface area (Å²) in [6.45, 7) is 3.42. The molecule has 10 nitrogen and oxygen atoms in total. The summed E-state index contributed by atoms with van der Waals surface area (Å²) in [4.78, 5) is 26.5. The molecule has 0 bridgehead atoms. The molecule has 0 fully saturated rings. The maximum Gasteiger partial charge on any atom is 0.355 e. The number of tetrazole rings is 1. The highest BCUT2D eigenvalue weighted by molar-refractivity contribution is 7.09. The molecular weight excluding hydrogens is 298 g/mol. The van der Waals surface area contributed by atoms with Crippen molar-refractivity contribution in [2.24, 2.45) is 0 Å². The zero-order chi connectivity index (χ0) is 15.4. The number of hydrogen-bond acceptors (Lipinski definition) is 7. The van der Waals surface area contributed by atoms with Crippen molar-refractivity contribution in [1.29, 1.82) is 0 Å². The zero-order valence-electron chi connectivity index (χ0n) is 11.2. The van der Waals surface area contributed by atoms with Crippen LogP contribution in [0.4, 0.5) is 4.79 Å². The van der Waals surface area contributed by atoms with Gasteiger partial charge in [-0.05, 0) is 13.8 Å². The van der Waals surface area contributed by atoms with E-state index < -0.39 is 24.1 Å². The van der Waals surface area contributed by atoms with Gasteiger partial charge in [-0.3, -0.25) is 0 Å². The summed E-state index contributed by atoms with van der Waals surface area (Å²) in [5.74, 6) is -0.736. The Kier molecular flexibility index (Phi) is 4.42. The zero-order valence-corrected chi connectivity index (χ0v) is 12.0. The predicted octanol–water partition coefficient (Wildman–Crippen LogP) is 0.476. The molecule has 0 spiro atoms. The van der Waals surface area contributed by atoms with Crippen molar-refractivity contribution in [3.63, 3.8) is 0 Å².